The third kappa shape index (κ3) is 7.46. The Kier molecular flexibility index (Phi) is 14.6. The van der Waals surface area contributed by atoms with Gasteiger partial charge in [-0.05, 0) is 70.0 Å². The molecule has 12 nitrogen and oxygen atoms in total. The van der Waals surface area contributed by atoms with E-state index in [1.165, 1.54) is 26.4 Å². The van der Waals surface area contributed by atoms with Crippen molar-refractivity contribution in [2.75, 3.05) is 48.6 Å². The summed E-state index contributed by atoms with van der Waals surface area (Å²) >= 11 is 0. The Labute approximate surface area is 363 Å². The van der Waals surface area contributed by atoms with Crippen molar-refractivity contribution < 1.29 is 53.3 Å². The molecule has 1 unspecified atom stereocenters. The number of fused-ring (bicyclic) bond motifs is 2. The predicted molar refractivity (Wildman–Crippen MR) is 230 cm³/mol. The second kappa shape index (κ2) is 19.2. The molecule has 1 heterocycles. The molecule has 0 aromatic heterocycles. The number of aliphatic hydroxyl groups is 3. The quantitative estimate of drug-likeness (QED) is 0.0708. The van der Waals surface area contributed by atoms with Gasteiger partial charge < -0.3 is 48.6 Å². The molecule has 61 heavy (non-hydrogen) atoms. The van der Waals surface area contributed by atoms with Gasteiger partial charge in [-0.25, -0.2) is 4.79 Å². The van der Waals surface area contributed by atoms with Crippen LogP contribution in [0.25, 0.3) is 0 Å². The Morgan fingerprint density at radius 1 is 0.852 bits per heavy atom. The van der Waals surface area contributed by atoms with E-state index in [9.17, 15) is 24.9 Å². The Hall–Kier alpha value is -2.68. The topological polar surface area (TPSA) is 153 Å². The zero-order valence-corrected chi connectivity index (χ0v) is 37.4. The van der Waals surface area contributed by atoms with Gasteiger partial charge in [0.25, 0.3) is 0 Å². The Balaban J connectivity index is 1.18. The molecule has 1 saturated heterocycles. The van der Waals surface area contributed by atoms with E-state index in [1.54, 1.807) is 45.6 Å². The molecular weight excluding hydrogens is 779 g/mol. The van der Waals surface area contributed by atoms with Crippen molar-refractivity contribution in [3.05, 3.63) is 60.2 Å². The maximum Gasteiger partial charge on any atom is 0.338 e. The van der Waals surface area contributed by atoms with Crippen LogP contribution in [0.4, 0.5) is 0 Å². The second-order valence-corrected chi connectivity index (χ2v) is 19.1. The van der Waals surface area contributed by atoms with Crippen LogP contribution in [0.5, 0.6) is 0 Å². The number of hydrogen-bond acceptors (Lipinski definition) is 12. The van der Waals surface area contributed by atoms with Crippen molar-refractivity contribution in [2.45, 2.75) is 151 Å². The Morgan fingerprint density at radius 2 is 1.54 bits per heavy atom. The summed E-state index contributed by atoms with van der Waals surface area (Å²) in [5.41, 5.74) is -4.87. The molecule has 1 aromatic carbocycles. The number of piperidine rings is 1. The highest BCUT2D eigenvalue weighted by molar-refractivity contribution is 5.89. The first-order valence-corrected chi connectivity index (χ1v) is 23.1. The van der Waals surface area contributed by atoms with E-state index >= 15 is 0 Å². The predicted octanol–water partition coefficient (Wildman–Crippen LogP) is 6.05. The standard InChI is InChI=1S/C49H73NO11/c1-7-8-9-10-11-12-13-14-15-16-17-18-19-20-24-27-36(52)61-49-37-33(29-47(55,44(59-6)42(49)53)43(37)60-45(54)32-25-22-21-23-26-32)48-35(57-4)28-34(51)46(31-56-3)30-50(2)41(48)38(49)39(58-5)40(46)48/h11-12,14-15,21-23,25-26,33-35,37-44,51,53,55H,7-10,13,16-20,24,27-31H2,1-6H3/b12-11-,15-14-/t33-,34-,35+,37-,38-,39+,40-,41?,42+,43-,44+,46+,47+,48+,49-/m1/s1. The number of unbranched alkanes of at least 4 members (excludes halogenated alkanes) is 8. The van der Waals surface area contributed by atoms with E-state index in [4.69, 9.17) is 28.4 Å². The highest BCUT2D eigenvalue weighted by Crippen LogP contribution is 2.80. The summed E-state index contributed by atoms with van der Waals surface area (Å²) < 4.78 is 38.5. The molecule has 1 aromatic rings. The van der Waals surface area contributed by atoms with Crippen LogP contribution < -0.4 is 0 Å². The molecule has 7 rings (SSSR count). The molecule has 340 valence electrons. The maximum atomic E-state index is 14.5. The summed E-state index contributed by atoms with van der Waals surface area (Å²) in [6.45, 7) is 2.93. The van der Waals surface area contributed by atoms with Crippen molar-refractivity contribution in [1.29, 1.82) is 0 Å². The molecule has 6 aliphatic rings. The van der Waals surface area contributed by atoms with Crippen molar-refractivity contribution >= 4 is 11.9 Å². The lowest BCUT2D eigenvalue weighted by Crippen LogP contribution is -2.81. The van der Waals surface area contributed by atoms with Crippen LogP contribution in [-0.4, -0.2) is 135 Å². The van der Waals surface area contributed by atoms with Crippen molar-refractivity contribution in [1.82, 2.24) is 4.90 Å². The third-order valence-electron chi connectivity index (χ3n) is 16.2. The van der Waals surface area contributed by atoms with E-state index in [0.29, 0.717) is 24.9 Å². The number of esters is 2. The molecule has 0 radical (unpaired) electrons. The minimum Gasteiger partial charge on any atom is -0.455 e. The van der Waals surface area contributed by atoms with Gasteiger partial charge in [0, 0.05) is 82.5 Å². The molecule has 15 atom stereocenters. The molecule has 1 aliphatic heterocycles. The van der Waals surface area contributed by atoms with E-state index in [0.717, 1.165) is 44.9 Å². The summed E-state index contributed by atoms with van der Waals surface area (Å²) in [6.07, 6.45) is 15.1. The smallest absolute Gasteiger partial charge is 0.338 e. The van der Waals surface area contributed by atoms with Crippen molar-refractivity contribution in [3.8, 4) is 0 Å². The van der Waals surface area contributed by atoms with Crippen LogP contribution in [0.3, 0.4) is 0 Å². The highest BCUT2D eigenvalue weighted by Gasteiger charge is 2.92. The van der Waals surface area contributed by atoms with Gasteiger partial charge in [-0.3, -0.25) is 4.79 Å². The minimum atomic E-state index is -1.85. The van der Waals surface area contributed by atoms with Crippen molar-refractivity contribution in [2.24, 2.45) is 34.5 Å². The number of likely N-dealkylation sites (tertiary alicyclic amines) is 1. The molecule has 5 aliphatic carbocycles. The number of benzene rings is 1. The van der Waals surface area contributed by atoms with Crippen LogP contribution in [0, 0.1) is 34.5 Å². The van der Waals surface area contributed by atoms with E-state index in [1.807, 2.05) is 13.1 Å². The molecular formula is C49H73NO11. The van der Waals surface area contributed by atoms with Crippen molar-refractivity contribution in [3.63, 3.8) is 0 Å². The molecule has 3 N–H and O–H groups in total. The second-order valence-electron chi connectivity index (χ2n) is 19.1. The summed E-state index contributed by atoms with van der Waals surface area (Å²) in [5.74, 6) is -3.54. The largest absolute Gasteiger partial charge is 0.455 e. The SMILES string of the molecule is CCCCC/C=C\C/C=C\CCCCCCCC(=O)O[C@]12[C@H]3[C@@H](OC(=O)c4ccccc4)[C@@](O)(C[C@H]3[C@@]34C5[C@H]1[C@H](OC)[C@@H]3[C@](COC)(CN5C)[C@H](O)C[C@@H]4OC)[C@@H](OC)[C@@H]2O. The molecule has 5 saturated carbocycles. The number of nitrogens with zero attached hydrogens (tertiary/aromatic N) is 1. The first-order valence-electron chi connectivity index (χ1n) is 23.1. The van der Waals surface area contributed by atoms with Crippen LogP contribution in [-0.2, 0) is 33.2 Å². The molecule has 1 spiro atoms. The third-order valence-corrected chi connectivity index (χ3v) is 16.2. The van der Waals surface area contributed by atoms with Gasteiger partial charge in [0.2, 0.25) is 0 Å². The van der Waals surface area contributed by atoms with E-state index < -0.39 is 88.3 Å². The summed E-state index contributed by atoms with van der Waals surface area (Å²) in [6, 6.07) is 8.26. The van der Waals surface area contributed by atoms with Gasteiger partial charge in [-0.2, -0.15) is 0 Å². The fourth-order valence-corrected chi connectivity index (χ4v) is 14.3. The normalized spacial score (nSPS) is 40.8. The van der Waals surface area contributed by atoms with Gasteiger partial charge in [-0.1, -0.05) is 81.5 Å². The number of carbonyl (C=O) groups excluding carboxylic acids is 2. The van der Waals surface area contributed by atoms with Crippen LogP contribution in [0.1, 0.15) is 107 Å². The average molecular weight is 852 g/mol. The Morgan fingerprint density at radius 3 is 2.20 bits per heavy atom. The first-order chi connectivity index (χ1) is 29.5. The number of carbonyl (C=O) groups is 2. The lowest BCUT2D eigenvalue weighted by molar-refractivity contribution is -0.321. The van der Waals surface area contributed by atoms with Gasteiger partial charge in [0.1, 0.15) is 23.9 Å². The maximum absolute atomic E-state index is 14.5. The minimum absolute atomic E-state index is 0.0766. The number of hydrogen-bond donors (Lipinski definition) is 3. The highest BCUT2D eigenvalue weighted by atomic mass is 16.6. The van der Waals surface area contributed by atoms with Crippen LogP contribution in [0.15, 0.2) is 54.6 Å². The zero-order valence-electron chi connectivity index (χ0n) is 37.4. The van der Waals surface area contributed by atoms with Gasteiger partial charge in [0.05, 0.1) is 30.5 Å². The van der Waals surface area contributed by atoms with Gasteiger partial charge in [0.15, 0.2) is 5.60 Å². The molecule has 6 fully saturated rings. The zero-order chi connectivity index (χ0) is 43.6. The lowest BCUT2D eigenvalue weighted by atomic mass is 9.42. The van der Waals surface area contributed by atoms with Gasteiger partial charge in [-0.15, -0.1) is 0 Å². The molecule has 7 bridgehead atoms. The number of ether oxygens (including phenoxy) is 6. The van der Waals surface area contributed by atoms with E-state index in [2.05, 4.69) is 36.1 Å². The number of rotatable bonds is 22. The number of aliphatic hydroxyl groups excluding tert-OH is 2. The van der Waals surface area contributed by atoms with Crippen LogP contribution >= 0.6 is 0 Å². The first kappa shape index (κ1) is 46.3. The number of methoxy groups -OCH3 is 4. The van der Waals surface area contributed by atoms with Gasteiger partial charge >= 0.3 is 11.9 Å². The monoisotopic (exact) mass is 852 g/mol. The molecule has 0 amide bonds. The Bertz CT molecular complexity index is 1710. The number of allylic oxidation sites excluding steroid dienone is 4. The van der Waals surface area contributed by atoms with E-state index in [-0.39, 0.29) is 31.4 Å². The summed E-state index contributed by atoms with van der Waals surface area (Å²) in [4.78, 5) is 30.8. The van der Waals surface area contributed by atoms with Crippen LogP contribution in [0.2, 0.25) is 0 Å². The molecule has 12 heteroatoms. The fraction of sp³-hybridized carbons (Fsp3) is 0.755. The summed E-state index contributed by atoms with van der Waals surface area (Å²) in [7, 11) is 8.37. The lowest BCUT2D eigenvalue weighted by Gasteiger charge is -2.70. The fourth-order valence-electron chi connectivity index (χ4n) is 14.3. The summed E-state index contributed by atoms with van der Waals surface area (Å²) in [5, 5.41) is 38.1. The average Bonchev–Trinajstić information content (AvgIpc) is 3.64.